The molecule has 0 fully saturated rings. The van der Waals surface area contributed by atoms with Gasteiger partial charge in [-0.3, -0.25) is 0 Å². The zero-order valence-electron chi connectivity index (χ0n) is 7.30. The Morgan fingerprint density at radius 3 is 1.64 bits per heavy atom. The molecule has 0 aliphatic heterocycles. The predicted molar refractivity (Wildman–Crippen MR) is 53.7 cm³/mol. The van der Waals surface area contributed by atoms with Gasteiger partial charge in [0, 0.05) is 0 Å². The molecular formula is C10H14Al. The highest BCUT2D eigenvalue weighted by Gasteiger charge is 1.78. The maximum absolute atomic E-state index is 3.77. The summed E-state index contributed by atoms with van der Waals surface area (Å²) in [6.07, 6.45) is 4.11. The van der Waals surface area contributed by atoms with E-state index in [9.17, 15) is 0 Å². The van der Waals surface area contributed by atoms with Gasteiger partial charge in [-0.15, -0.1) is 0 Å². The lowest BCUT2D eigenvalue weighted by atomic mass is 10.4. The average molecular weight is 161 g/mol. The van der Waals surface area contributed by atoms with Gasteiger partial charge in [-0.1, -0.05) is 36.5 Å². The summed E-state index contributed by atoms with van der Waals surface area (Å²) >= 11 is 0.289. The topological polar surface area (TPSA) is 0 Å². The van der Waals surface area contributed by atoms with Crippen molar-refractivity contribution in [3.05, 3.63) is 46.3 Å². The predicted octanol–water partition coefficient (Wildman–Crippen LogP) is 2.87. The van der Waals surface area contributed by atoms with Crippen LogP contribution >= 0.6 is 0 Å². The maximum Gasteiger partial charge on any atom is 0.273 e. The zero-order chi connectivity index (χ0) is 8.69. The molecule has 1 heteroatoms. The Morgan fingerprint density at radius 1 is 1.00 bits per heavy atom. The van der Waals surface area contributed by atoms with E-state index in [1.807, 2.05) is 13.8 Å². The molecule has 57 valence electrons. The molecule has 0 rings (SSSR count). The number of rotatable bonds is 4. The van der Waals surface area contributed by atoms with Gasteiger partial charge in [0.15, 0.2) is 0 Å². The van der Waals surface area contributed by atoms with Crippen LogP contribution in [0.5, 0.6) is 0 Å². The summed E-state index contributed by atoms with van der Waals surface area (Å²) in [5.41, 5.74) is 2.22. The quantitative estimate of drug-likeness (QED) is 0.439. The molecule has 0 saturated carbocycles. The van der Waals surface area contributed by atoms with Crippen LogP contribution in [0.4, 0.5) is 0 Å². The van der Waals surface area contributed by atoms with Crippen molar-refractivity contribution in [3.8, 4) is 0 Å². The van der Waals surface area contributed by atoms with Gasteiger partial charge in [-0.2, -0.15) is 9.88 Å². The van der Waals surface area contributed by atoms with Gasteiger partial charge in [0.2, 0.25) is 0 Å². The van der Waals surface area contributed by atoms with Gasteiger partial charge in [-0.05, 0) is 13.8 Å². The molecule has 0 aliphatic rings. The second-order valence-corrected chi connectivity index (χ2v) is 3.76. The molecule has 0 amide bonds. The summed E-state index contributed by atoms with van der Waals surface area (Å²) in [5, 5.41) is 0. The third-order valence-corrected chi connectivity index (χ3v) is 1.81. The van der Waals surface area contributed by atoms with E-state index in [0.29, 0.717) is 0 Å². The van der Waals surface area contributed by atoms with Crippen LogP contribution in [0, 0.1) is 0 Å². The van der Waals surface area contributed by atoms with Gasteiger partial charge >= 0.3 is 0 Å². The van der Waals surface area contributed by atoms with Crippen molar-refractivity contribution < 1.29 is 0 Å². The van der Waals surface area contributed by atoms with Gasteiger partial charge < -0.3 is 0 Å². The number of hydrogen-bond donors (Lipinski definition) is 0. The number of hydrogen-bond acceptors (Lipinski definition) is 0. The lowest BCUT2D eigenvalue weighted by molar-refractivity contribution is 1.57. The van der Waals surface area contributed by atoms with Gasteiger partial charge in [0.05, 0.1) is 0 Å². The van der Waals surface area contributed by atoms with E-state index in [1.54, 1.807) is 0 Å². The largest absolute Gasteiger partial charge is 0.273 e. The molecule has 0 spiro atoms. The molecule has 0 aromatic carbocycles. The smallest absolute Gasteiger partial charge is 0.150 e. The second-order valence-electron chi connectivity index (χ2n) is 2.60. The molecule has 0 atom stereocenters. The summed E-state index contributed by atoms with van der Waals surface area (Å²) in [6.45, 7) is 11.5. The van der Waals surface area contributed by atoms with Crippen LogP contribution in [0.25, 0.3) is 0 Å². The monoisotopic (exact) mass is 161 g/mol. The summed E-state index contributed by atoms with van der Waals surface area (Å²) in [4.78, 5) is 4.34. The SMILES string of the molecule is C=C(C)C=[CH][Al][CH]=CC(=C)C. The van der Waals surface area contributed by atoms with E-state index in [-0.39, 0.29) is 15.2 Å². The van der Waals surface area contributed by atoms with Crippen LogP contribution in [-0.2, 0) is 0 Å². The van der Waals surface area contributed by atoms with E-state index in [1.165, 1.54) is 0 Å². The Morgan fingerprint density at radius 2 is 1.36 bits per heavy atom. The molecule has 0 aliphatic carbocycles. The molecule has 0 unspecified atom stereocenters. The average Bonchev–Trinajstić information content (AvgIpc) is 1.85. The van der Waals surface area contributed by atoms with Crippen molar-refractivity contribution in [2.75, 3.05) is 0 Å². The van der Waals surface area contributed by atoms with Crippen LogP contribution in [0.2, 0.25) is 0 Å². The first-order chi connectivity index (χ1) is 5.13. The molecule has 0 aromatic rings. The Labute approximate surface area is 75.7 Å². The molecule has 1 radical (unpaired) electrons. The van der Waals surface area contributed by atoms with Gasteiger partial charge in [0.1, 0.15) is 0 Å². The molecule has 0 N–H and O–H groups in total. The second kappa shape index (κ2) is 6.22. The van der Waals surface area contributed by atoms with E-state index in [2.05, 4.69) is 35.2 Å². The first kappa shape index (κ1) is 10.5. The van der Waals surface area contributed by atoms with Crippen LogP contribution in [0.1, 0.15) is 13.8 Å². The highest BCUT2D eigenvalue weighted by atomic mass is 27.1. The van der Waals surface area contributed by atoms with Crippen molar-refractivity contribution in [3.63, 3.8) is 0 Å². The Kier molecular flexibility index (Phi) is 5.93. The minimum Gasteiger partial charge on any atom is -0.150 e. The Balaban J connectivity index is 3.57. The van der Waals surface area contributed by atoms with E-state index >= 15 is 0 Å². The fourth-order valence-corrected chi connectivity index (χ4v) is 1.51. The standard InChI is InChI=1S/2C5H7.Al/c2*1-4-5(2)3;/h2*1,4H,2H2,3H3;. The van der Waals surface area contributed by atoms with Crippen molar-refractivity contribution in [2.24, 2.45) is 0 Å². The van der Waals surface area contributed by atoms with Crippen LogP contribution in [-0.4, -0.2) is 15.2 Å². The highest BCUT2D eigenvalue weighted by Crippen LogP contribution is 1.90. The lowest BCUT2D eigenvalue weighted by Gasteiger charge is -1.83. The van der Waals surface area contributed by atoms with Crippen LogP contribution in [0.3, 0.4) is 0 Å². The Hall–Kier alpha value is -0.508. The summed E-state index contributed by atoms with van der Waals surface area (Å²) in [7, 11) is 0. The third-order valence-electron chi connectivity index (χ3n) is 0.984. The van der Waals surface area contributed by atoms with Crippen molar-refractivity contribution in [1.82, 2.24) is 0 Å². The molecule has 0 heterocycles. The maximum atomic E-state index is 3.77. The summed E-state index contributed by atoms with van der Waals surface area (Å²) < 4.78 is 0. The molecule has 0 aromatic heterocycles. The third kappa shape index (κ3) is 9.49. The summed E-state index contributed by atoms with van der Waals surface area (Å²) in [6, 6.07) is 0. The van der Waals surface area contributed by atoms with Gasteiger partial charge in [-0.25, -0.2) is 0 Å². The molecule has 11 heavy (non-hydrogen) atoms. The molecule has 0 nitrogen and oxygen atoms in total. The molecular weight excluding hydrogens is 147 g/mol. The normalized spacial score (nSPS) is 10.7. The zero-order valence-corrected chi connectivity index (χ0v) is 8.46. The van der Waals surface area contributed by atoms with Gasteiger partial charge in [0.25, 0.3) is 15.2 Å². The van der Waals surface area contributed by atoms with Crippen molar-refractivity contribution >= 4 is 15.2 Å². The lowest BCUT2D eigenvalue weighted by Crippen LogP contribution is -1.77. The van der Waals surface area contributed by atoms with Crippen molar-refractivity contribution in [2.45, 2.75) is 13.8 Å². The molecule has 0 saturated heterocycles. The minimum atomic E-state index is 0.289. The summed E-state index contributed by atoms with van der Waals surface area (Å²) in [5.74, 6) is 0. The molecule has 0 bridgehead atoms. The van der Waals surface area contributed by atoms with Crippen LogP contribution in [0.15, 0.2) is 46.3 Å². The first-order valence-corrected chi connectivity index (χ1v) is 4.95. The first-order valence-electron chi connectivity index (χ1n) is 3.62. The van der Waals surface area contributed by atoms with Crippen LogP contribution < -0.4 is 0 Å². The van der Waals surface area contributed by atoms with E-state index < -0.39 is 0 Å². The van der Waals surface area contributed by atoms with E-state index in [0.717, 1.165) is 11.1 Å². The number of allylic oxidation sites excluding steroid dienone is 4. The highest BCUT2D eigenvalue weighted by molar-refractivity contribution is 6.48. The Bertz CT molecular complexity index is 175. The fourth-order valence-electron chi connectivity index (χ4n) is 0.504. The fraction of sp³-hybridized carbons (Fsp3) is 0.200. The van der Waals surface area contributed by atoms with E-state index in [4.69, 9.17) is 0 Å². The van der Waals surface area contributed by atoms with Crippen molar-refractivity contribution in [1.29, 1.82) is 0 Å². The minimum absolute atomic E-state index is 0.289.